The van der Waals surface area contributed by atoms with Gasteiger partial charge in [-0.05, 0) is 47.0 Å². The predicted octanol–water partition coefficient (Wildman–Crippen LogP) is 1.90. The number of hydrogen-bond donors (Lipinski definition) is 2. The molecule has 0 radical (unpaired) electrons. The van der Waals surface area contributed by atoms with E-state index in [0.717, 1.165) is 12.8 Å². The highest BCUT2D eigenvalue weighted by Crippen LogP contribution is 2.23. The normalized spacial score (nSPS) is 16.5. The van der Waals surface area contributed by atoms with Gasteiger partial charge in [-0.1, -0.05) is 0 Å². The van der Waals surface area contributed by atoms with E-state index in [9.17, 15) is 13.2 Å². The van der Waals surface area contributed by atoms with E-state index in [0.29, 0.717) is 17.6 Å². The highest BCUT2D eigenvalue weighted by Gasteiger charge is 2.25. The second kappa shape index (κ2) is 5.48. The molecule has 1 aliphatic rings. The number of carbonyl (C=O) groups is 1. The van der Waals surface area contributed by atoms with Crippen molar-refractivity contribution in [3.05, 3.63) is 28.2 Å². The molecule has 0 bridgehead atoms. The van der Waals surface area contributed by atoms with Crippen molar-refractivity contribution in [3.8, 4) is 0 Å². The third kappa shape index (κ3) is 3.26. The average molecular weight is 349 g/mol. The van der Waals surface area contributed by atoms with E-state index in [4.69, 9.17) is 5.11 Å². The highest BCUT2D eigenvalue weighted by atomic mass is 79.9. The van der Waals surface area contributed by atoms with Crippen LogP contribution in [0.25, 0.3) is 0 Å². The van der Waals surface area contributed by atoms with E-state index in [-0.39, 0.29) is 11.3 Å². The van der Waals surface area contributed by atoms with Crippen molar-refractivity contribution in [2.45, 2.75) is 12.8 Å². The third-order valence-electron chi connectivity index (χ3n) is 2.85. The number of anilines is 1. The molecule has 104 valence electrons. The zero-order valence-electron chi connectivity index (χ0n) is 9.97. The number of rotatable bonds is 4. The van der Waals surface area contributed by atoms with Crippen LogP contribution >= 0.6 is 15.9 Å². The van der Waals surface area contributed by atoms with Crippen molar-refractivity contribution >= 4 is 37.8 Å². The van der Waals surface area contributed by atoms with Gasteiger partial charge < -0.3 is 5.11 Å². The van der Waals surface area contributed by atoms with Crippen molar-refractivity contribution in [2.24, 2.45) is 0 Å². The molecule has 1 aromatic rings. The number of carboxylic acids is 1. The second-order valence-electron chi connectivity index (χ2n) is 4.21. The molecule has 0 aliphatic carbocycles. The number of hydrogen-bond acceptors (Lipinski definition) is 3. The first-order valence-corrected chi connectivity index (χ1v) is 7.94. The van der Waals surface area contributed by atoms with Crippen LogP contribution in [-0.4, -0.2) is 36.9 Å². The Bertz CT molecular complexity index is 597. The Morgan fingerprint density at radius 2 is 1.95 bits per heavy atom. The highest BCUT2D eigenvalue weighted by molar-refractivity contribution is 9.10. The van der Waals surface area contributed by atoms with E-state index in [1.807, 2.05) is 0 Å². The summed E-state index contributed by atoms with van der Waals surface area (Å²) in [7, 11) is -3.59. The molecule has 1 aromatic carbocycles. The Labute approximate surface area is 119 Å². The molecule has 0 spiro atoms. The van der Waals surface area contributed by atoms with Crippen LogP contribution in [-0.2, 0) is 10.2 Å². The van der Waals surface area contributed by atoms with Crippen molar-refractivity contribution < 1.29 is 18.3 Å². The molecule has 0 atom stereocenters. The lowest BCUT2D eigenvalue weighted by molar-refractivity contribution is 0.0696. The molecule has 2 N–H and O–H groups in total. The first-order chi connectivity index (χ1) is 8.90. The second-order valence-corrected chi connectivity index (χ2v) is 6.74. The summed E-state index contributed by atoms with van der Waals surface area (Å²) in [5.74, 6) is -1.12. The summed E-state index contributed by atoms with van der Waals surface area (Å²) in [6.07, 6.45) is 1.70. The Morgan fingerprint density at radius 3 is 2.53 bits per heavy atom. The molecular formula is C11H13BrN2O4S. The van der Waals surface area contributed by atoms with Crippen LogP contribution in [0, 0.1) is 0 Å². The molecule has 0 unspecified atom stereocenters. The fourth-order valence-electron chi connectivity index (χ4n) is 1.89. The largest absolute Gasteiger partial charge is 0.478 e. The van der Waals surface area contributed by atoms with Crippen LogP contribution in [0.1, 0.15) is 23.2 Å². The van der Waals surface area contributed by atoms with Crippen molar-refractivity contribution in [1.82, 2.24) is 4.31 Å². The van der Waals surface area contributed by atoms with Gasteiger partial charge in [-0.2, -0.15) is 12.7 Å². The van der Waals surface area contributed by atoms with E-state index >= 15 is 0 Å². The minimum atomic E-state index is -3.59. The number of carboxylic acid groups (broad SMARTS) is 1. The molecule has 0 aromatic heterocycles. The van der Waals surface area contributed by atoms with Gasteiger partial charge in [0.15, 0.2) is 0 Å². The van der Waals surface area contributed by atoms with Gasteiger partial charge in [-0.3, -0.25) is 4.72 Å². The summed E-state index contributed by atoms with van der Waals surface area (Å²) in [4.78, 5) is 11.0. The number of benzene rings is 1. The van der Waals surface area contributed by atoms with Gasteiger partial charge in [-0.15, -0.1) is 0 Å². The van der Waals surface area contributed by atoms with Gasteiger partial charge in [0.2, 0.25) is 0 Å². The first kappa shape index (κ1) is 14.3. The molecule has 2 rings (SSSR count). The average Bonchev–Trinajstić information content (AvgIpc) is 2.85. The van der Waals surface area contributed by atoms with Crippen molar-refractivity contribution in [3.63, 3.8) is 0 Å². The maximum Gasteiger partial charge on any atom is 0.336 e. The summed E-state index contributed by atoms with van der Waals surface area (Å²) >= 11 is 3.11. The van der Waals surface area contributed by atoms with Crippen LogP contribution in [0.3, 0.4) is 0 Å². The van der Waals surface area contributed by atoms with Gasteiger partial charge in [-0.25, -0.2) is 4.79 Å². The quantitative estimate of drug-likeness (QED) is 0.869. The summed E-state index contributed by atoms with van der Waals surface area (Å²) < 4.78 is 28.2. The van der Waals surface area contributed by atoms with Crippen LogP contribution in [0.5, 0.6) is 0 Å². The van der Waals surface area contributed by atoms with E-state index in [1.165, 1.54) is 22.5 Å². The Hall–Kier alpha value is -1.12. The molecule has 1 saturated heterocycles. The van der Waals surface area contributed by atoms with Crippen LogP contribution in [0.4, 0.5) is 5.69 Å². The first-order valence-electron chi connectivity index (χ1n) is 5.71. The van der Waals surface area contributed by atoms with Crippen molar-refractivity contribution in [1.29, 1.82) is 0 Å². The third-order valence-corrected chi connectivity index (χ3v) is 5.08. The zero-order valence-corrected chi connectivity index (χ0v) is 12.4. The molecule has 6 nitrogen and oxygen atoms in total. The lowest BCUT2D eigenvalue weighted by Crippen LogP contribution is -2.33. The fourth-order valence-corrected chi connectivity index (χ4v) is 3.60. The summed E-state index contributed by atoms with van der Waals surface area (Å²) in [6.45, 7) is 0.995. The van der Waals surface area contributed by atoms with Gasteiger partial charge in [0.25, 0.3) is 0 Å². The zero-order chi connectivity index (χ0) is 14.0. The molecule has 1 aliphatic heterocycles. The Balaban J connectivity index is 2.23. The SMILES string of the molecule is O=C(O)c1cc(NS(=O)(=O)N2CCCC2)ccc1Br. The fraction of sp³-hybridized carbons (Fsp3) is 0.364. The molecular weight excluding hydrogens is 336 g/mol. The van der Waals surface area contributed by atoms with E-state index in [1.54, 1.807) is 0 Å². The van der Waals surface area contributed by atoms with Crippen LogP contribution in [0.15, 0.2) is 22.7 Å². The van der Waals surface area contributed by atoms with Gasteiger partial charge in [0.1, 0.15) is 0 Å². The predicted molar refractivity (Wildman–Crippen MR) is 74.5 cm³/mol. The maximum atomic E-state index is 12.0. The lowest BCUT2D eigenvalue weighted by Gasteiger charge is -2.17. The number of halogens is 1. The van der Waals surface area contributed by atoms with E-state index in [2.05, 4.69) is 20.7 Å². The maximum absolute atomic E-state index is 12.0. The summed E-state index contributed by atoms with van der Waals surface area (Å²) in [5.41, 5.74) is 0.258. The van der Waals surface area contributed by atoms with Gasteiger partial charge in [0, 0.05) is 17.6 Å². The molecule has 8 heteroatoms. The van der Waals surface area contributed by atoms with Crippen molar-refractivity contribution in [2.75, 3.05) is 17.8 Å². The topological polar surface area (TPSA) is 86.7 Å². The minimum Gasteiger partial charge on any atom is -0.478 e. The number of nitrogens with one attached hydrogen (secondary N) is 1. The summed E-state index contributed by atoms with van der Waals surface area (Å²) in [5, 5.41) is 8.98. The number of nitrogens with zero attached hydrogens (tertiary/aromatic N) is 1. The monoisotopic (exact) mass is 348 g/mol. The molecule has 19 heavy (non-hydrogen) atoms. The van der Waals surface area contributed by atoms with E-state index < -0.39 is 16.2 Å². The standard InChI is InChI=1S/C11H13BrN2O4S/c12-10-4-3-8(7-9(10)11(15)16)13-19(17,18)14-5-1-2-6-14/h3-4,7,13H,1-2,5-6H2,(H,15,16). The minimum absolute atomic E-state index is 0.0154. The van der Waals surface area contributed by atoms with Gasteiger partial charge >= 0.3 is 16.2 Å². The molecule has 0 saturated carbocycles. The number of aromatic carboxylic acids is 1. The summed E-state index contributed by atoms with van der Waals surface area (Å²) in [6, 6.07) is 4.31. The van der Waals surface area contributed by atoms with Gasteiger partial charge in [0.05, 0.1) is 11.3 Å². The molecule has 0 amide bonds. The Kier molecular flexibility index (Phi) is 4.12. The smallest absolute Gasteiger partial charge is 0.336 e. The van der Waals surface area contributed by atoms with Crippen LogP contribution in [0.2, 0.25) is 0 Å². The lowest BCUT2D eigenvalue weighted by atomic mass is 10.2. The molecule has 1 fully saturated rings. The molecule has 1 heterocycles. The Morgan fingerprint density at radius 1 is 1.32 bits per heavy atom. The van der Waals surface area contributed by atoms with Crippen LogP contribution < -0.4 is 4.72 Å².